The molecule has 0 aliphatic carbocycles. The quantitative estimate of drug-likeness (QED) is 0.460. The number of nitrogens with zero attached hydrogens (tertiary/aromatic N) is 2. The molecule has 0 saturated carbocycles. The van der Waals surface area contributed by atoms with Gasteiger partial charge in [-0.2, -0.15) is 16.3 Å². The van der Waals surface area contributed by atoms with Gasteiger partial charge in [0.25, 0.3) is 5.89 Å². The van der Waals surface area contributed by atoms with Crippen molar-refractivity contribution < 1.29 is 18.4 Å². The number of thiophene rings is 1. The van der Waals surface area contributed by atoms with Crippen LogP contribution in [0.3, 0.4) is 0 Å². The molecule has 3 aromatic rings. The second-order valence-corrected chi connectivity index (χ2v) is 6.33. The lowest BCUT2D eigenvalue weighted by atomic mass is 10.2. The highest BCUT2D eigenvalue weighted by Crippen LogP contribution is 2.20. The summed E-state index contributed by atoms with van der Waals surface area (Å²) < 4.78 is 24.4. The van der Waals surface area contributed by atoms with Gasteiger partial charge in [0.15, 0.2) is 6.61 Å². The van der Waals surface area contributed by atoms with Crippen molar-refractivity contribution in [2.45, 2.75) is 6.61 Å². The predicted molar refractivity (Wildman–Crippen MR) is 90.5 cm³/mol. The molecule has 0 aliphatic rings. The molecule has 5 nitrogen and oxygen atoms in total. The molecule has 0 saturated heterocycles. The zero-order chi connectivity index (χ0) is 16.9. The van der Waals surface area contributed by atoms with Crippen LogP contribution in [0.2, 0.25) is 0 Å². The number of ether oxygens (including phenoxy) is 1. The molecule has 0 spiro atoms. The Balaban J connectivity index is 1.58. The Morgan fingerprint density at radius 2 is 2.29 bits per heavy atom. The molecule has 2 aromatic heterocycles. The highest BCUT2D eigenvalue weighted by atomic mass is 79.9. The number of hydrogen-bond donors (Lipinski definition) is 0. The second kappa shape index (κ2) is 7.50. The Hall–Kier alpha value is -2.32. The maximum absolute atomic E-state index is 13.6. The third kappa shape index (κ3) is 4.15. The number of hydrogen-bond acceptors (Lipinski definition) is 6. The van der Waals surface area contributed by atoms with E-state index < -0.39 is 11.8 Å². The lowest BCUT2D eigenvalue weighted by molar-refractivity contribution is -0.139. The standard InChI is InChI=1S/C16H10BrFN2O3S/c17-12-2-3-13(18)10(7-12)1-4-15(21)22-8-14-19-16(23-20-14)11-5-6-24-9-11/h1-7,9H,8H2/b4-1+. The van der Waals surface area contributed by atoms with Gasteiger partial charge in [-0.3, -0.25) is 0 Å². The summed E-state index contributed by atoms with van der Waals surface area (Å²) >= 11 is 4.75. The van der Waals surface area contributed by atoms with Crippen molar-refractivity contribution in [2.75, 3.05) is 0 Å². The van der Waals surface area contributed by atoms with Gasteiger partial charge >= 0.3 is 5.97 Å². The van der Waals surface area contributed by atoms with E-state index in [4.69, 9.17) is 9.26 Å². The van der Waals surface area contributed by atoms with Crippen LogP contribution in [0, 0.1) is 5.82 Å². The first-order chi connectivity index (χ1) is 11.6. The highest BCUT2D eigenvalue weighted by molar-refractivity contribution is 9.10. The van der Waals surface area contributed by atoms with Crippen LogP contribution in [0.25, 0.3) is 17.5 Å². The number of carbonyl (C=O) groups excluding carboxylic acids is 1. The number of rotatable bonds is 5. The topological polar surface area (TPSA) is 65.2 Å². The summed E-state index contributed by atoms with van der Waals surface area (Å²) in [5.41, 5.74) is 1.09. The molecule has 0 unspecified atom stereocenters. The molecule has 0 N–H and O–H groups in total. The molecule has 0 bridgehead atoms. The minimum atomic E-state index is -0.628. The van der Waals surface area contributed by atoms with E-state index in [2.05, 4.69) is 26.1 Å². The van der Waals surface area contributed by atoms with E-state index >= 15 is 0 Å². The van der Waals surface area contributed by atoms with E-state index in [1.54, 1.807) is 12.1 Å². The molecule has 0 atom stereocenters. The predicted octanol–water partition coefficient (Wildman–Crippen LogP) is 4.46. The van der Waals surface area contributed by atoms with Gasteiger partial charge in [0, 0.05) is 21.5 Å². The van der Waals surface area contributed by atoms with E-state index in [9.17, 15) is 9.18 Å². The molecular weight excluding hydrogens is 399 g/mol. The second-order valence-electron chi connectivity index (χ2n) is 4.63. The first-order valence-electron chi connectivity index (χ1n) is 6.77. The summed E-state index contributed by atoms with van der Waals surface area (Å²) in [4.78, 5) is 15.8. The van der Waals surface area contributed by atoms with Crippen molar-refractivity contribution in [3.8, 4) is 11.5 Å². The van der Waals surface area contributed by atoms with Gasteiger partial charge in [-0.05, 0) is 35.7 Å². The summed E-state index contributed by atoms with van der Waals surface area (Å²) in [6, 6.07) is 6.29. The van der Waals surface area contributed by atoms with Crippen LogP contribution in [0.5, 0.6) is 0 Å². The molecule has 122 valence electrons. The number of benzene rings is 1. The van der Waals surface area contributed by atoms with Gasteiger partial charge in [-0.1, -0.05) is 21.1 Å². The summed E-state index contributed by atoms with van der Waals surface area (Å²) in [5.74, 6) is -0.433. The first kappa shape index (κ1) is 16.5. The number of halogens is 2. The Kier molecular flexibility index (Phi) is 5.17. The Morgan fingerprint density at radius 1 is 1.42 bits per heavy atom. The maximum atomic E-state index is 13.6. The molecule has 0 radical (unpaired) electrons. The minimum absolute atomic E-state index is 0.127. The molecule has 2 heterocycles. The van der Waals surface area contributed by atoms with Crippen molar-refractivity contribution >= 4 is 39.3 Å². The van der Waals surface area contributed by atoms with Crippen molar-refractivity contribution in [3.63, 3.8) is 0 Å². The van der Waals surface area contributed by atoms with Gasteiger partial charge < -0.3 is 9.26 Å². The Bertz CT molecular complexity index is 877. The molecule has 24 heavy (non-hydrogen) atoms. The van der Waals surface area contributed by atoms with E-state index in [1.165, 1.54) is 23.5 Å². The summed E-state index contributed by atoms with van der Waals surface area (Å²) in [6.45, 7) is -0.127. The molecule has 8 heteroatoms. The summed E-state index contributed by atoms with van der Waals surface area (Å²) in [7, 11) is 0. The van der Waals surface area contributed by atoms with Crippen LogP contribution in [0.4, 0.5) is 4.39 Å². The fraction of sp³-hybridized carbons (Fsp3) is 0.0625. The Morgan fingerprint density at radius 3 is 3.08 bits per heavy atom. The van der Waals surface area contributed by atoms with Crippen LogP contribution >= 0.6 is 27.3 Å². The van der Waals surface area contributed by atoms with Crippen molar-refractivity contribution in [1.82, 2.24) is 10.1 Å². The molecule has 3 rings (SSSR count). The maximum Gasteiger partial charge on any atom is 0.331 e. The largest absolute Gasteiger partial charge is 0.454 e. The molecule has 1 aromatic carbocycles. The smallest absolute Gasteiger partial charge is 0.331 e. The van der Waals surface area contributed by atoms with Crippen molar-refractivity contribution in [3.05, 3.63) is 62.8 Å². The third-order valence-electron chi connectivity index (χ3n) is 2.94. The van der Waals surface area contributed by atoms with Gasteiger partial charge in [0.1, 0.15) is 5.82 Å². The average Bonchev–Trinajstić information content (AvgIpc) is 3.24. The van der Waals surface area contributed by atoms with Crippen LogP contribution < -0.4 is 0 Å². The Labute approximate surface area is 148 Å². The fourth-order valence-corrected chi connectivity index (χ4v) is 2.81. The molecular formula is C16H10BrFN2O3S. The normalized spacial score (nSPS) is 11.1. The lowest BCUT2D eigenvalue weighted by Gasteiger charge is -1.99. The SMILES string of the molecule is O=C(/C=C/c1cc(Br)ccc1F)OCc1noc(-c2ccsc2)n1. The van der Waals surface area contributed by atoms with E-state index in [0.29, 0.717) is 10.4 Å². The minimum Gasteiger partial charge on any atom is -0.454 e. The molecule has 0 aliphatic heterocycles. The van der Waals surface area contributed by atoms with Crippen LogP contribution in [-0.2, 0) is 16.1 Å². The van der Waals surface area contributed by atoms with Crippen LogP contribution in [-0.4, -0.2) is 16.1 Å². The number of esters is 1. The third-order valence-corrected chi connectivity index (χ3v) is 4.11. The van der Waals surface area contributed by atoms with Crippen LogP contribution in [0.1, 0.15) is 11.4 Å². The lowest BCUT2D eigenvalue weighted by Crippen LogP contribution is -2.02. The van der Waals surface area contributed by atoms with Crippen molar-refractivity contribution in [1.29, 1.82) is 0 Å². The molecule has 0 fully saturated rings. The van der Waals surface area contributed by atoms with Gasteiger partial charge in [0.2, 0.25) is 5.82 Å². The highest BCUT2D eigenvalue weighted by Gasteiger charge is 2.10. The van der Waals surface area contributed by atoms with Gasteiger partial charge in [-0.15, -0.1) is 0 Å². The zero-order valence-corrected chi connectivity index (χ0v) is 14.5. The zero-order valence-electron chi connectivity index (χ0n) is 12.1. The van der Waals surface area contributed by atoms with Crippen LogP contribution in [0.15, 0.2) is 50.1 Å². The first-order valence-corrected chi connectivity index (χ1v) is 8.50. The average molecular weight is 409 g/mol. The summed E-state index contributed by atoms with van der Waals surface area (Å²) in [6.07, 6.45) is 2.49. The van der Waals surface area contributed by atoms with Gasteiger partial charge in [0.05, 0.1) is 5.56 Å². The summed E-state index contributed by atoms with van der Waals surface area (Å²) in [5, 5.41) is 7.51. The fourth-order valence-electron chi connectivity index (χ4n) is 1.80. The number of carbonyl (C=O) groups is 1. The van der Waals surface area contributed by atoms with Crippen molar-refractivity contribution in [2.24, 2.45) is 0 Å². The number of aromatic nitrogens is 2. The van der Waals surface area contributed by atoms with Gasteiger partial charge in [-0.25, -0.2) is 9.18 Å². The van der Waals surface area contributed by atoms with E-state index in [0.717, 1.165) is 11.6 Å². The van der Waals surface area contributed by atoms with E-state index in [1.807, 2.05) is 16.8 Å². The monoisotopic (exact) mass is 408 g/mol. The molecule has 0 amide bonds. The van der Waals surface area contributed by atoms with E-state index in [-0.39, 0.29) is 18.0 Å².